The van der Waals surface area contributed by atoms with Gasteiger partial charge < -0.3 is 9.47 Å². The normalized spacial score (nSPS) is 28.5. The molecule has 0 saturated carbocycles. The average molecular weight is 377 g/mol. The van der Waals surface area contributed by atoms with Crippen LogP contribution in [0, 0.1) is 11.8 Å². The highest BCUT2D eigenvalue weighted by molar-refractivity contribution is 5.66. The zero-order chi connectivity index (χ0) is 19.1. The first-order chi connectivity index (χ1) is 13.7. The van der Waals surface area contributed by atoms with Gasteiger partial charge in [0.25, 0.3) is 0 Å². The zero-order valence-corrected chi connectivity index (χ0v) is 16.3. The van der Waals surface area contributed by atoms with Gasteiger partial charge in [-0.15, -0.1) is 0 Å². The average Bonchev–Trinajstić information content (AvgIpc) is 2.73. The zero-order valence-electron chi connectivity index (χ0n) is 16.3. The molecule has 3 aliphatic carbocycles. The van der Waals surface area contributed by atoms with E-state index in [9.17, 15) is 4.79 Å². The molecule has 28 heavy (non-hydrogen) atoms. The lowest BCUT2D eigenvalue weighted by Gasteiger charge is -2.51. The number of rotatable bonds is 4. The second-order valence-electron chi connectivity index (χ2n) is 8.26. The monoisotopic (exact) mass is 377 g/mol. The van der Waals surface area contributed by atoms with Gasteiger partial charge in [0.1, 0.15) is 0 Å². The Kier molecular flexibility index (Phi) is 4.69. The Morgan fingerprint density at radius 2 is 1.43 bits per heavy atom. The lowest BCUT2D eigenvalue weighted by molar-refractivity contribution is -0.143. The van der Waals surface area contributed by atoms with Crippen molar-refractivity contribution in [2.45, 2.75) is 18.8 Å². The summed E-state index contributed by atoms with van der Waals surface area (Å²) in [5.74, 6) is 1.21. The molecular weight excluding hydrogens is 350 g/mol. The van der Waals surface area contributed by atoms with Gasteiger partial charge in [0, 0.05) is 44.3 Å². The molecule has 4 heteroatoms. The molecule has 6 rings (SSSR count). The summed E-state index contributed by atoms with van der Waals surface area (Å²) in [5.41, 5.74) is 5.76. The van der Waals surface area contributed by atoms with Gasteiger partial charge in [0.05, 0.1) is 19.8 Å². The molecule has 0 amide bonds. The molecule has 2 atom stereocenters. The first kappa shape index (κ1) is 17.9. The summed E-state index contributed by atoms with van der Waals surface area (Å²) in [7, 11) is 0. The third-order valence-electron chi connectivity index (χ3n) is 6.79. The van der Waals surface area contributed by atoms with Gasteiger partial charge in [-0.1, -0.05) is 48.5 Å². The Hall–Kier alpha value is -2.17. The minimum absolute atomic E-state index is 0.187. The Morgan fingerprint density at radius 3 is 1.93 bits per heavy atom. The predicted molar refractivity (Wildman–Crippen MR) is 107 cm³/mol. The van der Waals surface area contributed by atoms with Crippen molar-refractivity contribution in [3.05, 3.63) is 70.8 Å². The molecular formula is C24H27NO3. The Morgan fingerprint density at radius 1 is 0.929 bits per heavy atom. The second-order valence-corrected chi connectivity index (χ2v) is 8.26. The lowest BCUT2D eigenvalue weighted by atomic mass is 9.54. The molecule has 1 aliphatic heterocycles. The Bertz CT molecular complexity index is 826. The quantitative estimate of drug-likeness (QED) is 0.766. The first-order valence-electron chi connectivity index (χ1n) is 10.3. The number of hydrogen-bond acceptors (Lipinski definition) is 4. The third-order valence-corrected chi connectivity index (χ3v) is 6.79. The molecule has 0 spiro atoms. The molecule has 0 unspecified atom stereocenters. The SMILES string of the molecule is CC(=O)OC[C@@H]1C2c3ccccc3C(c3ccccc32)[C@H]1CN1CCOCC1. The van der Waals surface area contributed by atoms with Gasteiger partial charge in [0.15, 0.2) is 0 Å². The molecule has 2 bridgehead atoms. The summed E-state index contributed by atoms with van der Waals surface area (Å²) in [6, 6.07) is 17.8. The van der Waals surface area contributed by atoms with Crippen LogP contribution in [-0.4, -0.2) is 50.3 Å². The molecule has 4 nitrogen and oxygen atoms in total. The summed E-state index contributed by atoms with van der Waals surface area (Å²) in [4.78, 5) is 14.2. The van der Waals surface area contributed by atoms with Crippen LogP contribution in [0.15, 0.2) is 48.5 Å². The topological polar surface area (TPSA) is 38.8 Å². The molecule has 2 aromatic rings. The molecule has 1 fully saturated rings. The summed E-state index contributed by atoms with van der Waals surface area (Å²) in [6.45, 7) is 6.62. The van der Waals surface area contributed by atoms with E-state index < -0.39 is 0 Å². The van der Waals surface area contributed by atoms with Crippen molar-refractivity contribution in [3.8, 4) is 0 Å². The van der Waals surface area contributed by atoms with Gasteiger partial charge in [-0.25, -0.2) is 0 Å². The van der Waals surface area contributed by atoms with E-state index in [1.54, 1.807) is 0 Å². The van der Waals surface area contributed by atoms with Crippen LogP contribution in [0.3, 0.4) is 0 Å². The smallest absolute Gasteiger partial charge is 0.302 e. The number of morpholine rings is 1. The molecule has 2 aromatic carbocycles. The van der Waals surface area contributed by atoms with Crippen molar-refractivity contribution in [3.63, 3.8) is 0 Å². The highest BCUT2D eigenvalue weighted by Crippen LogP contribution is 2.58. The highest BCUT2D eigenvalue weighted by Gasteiger charge is 2.50. The maximum atomic E-state index is 11.6. The fourth-order valence-electron chi connectivity index (χ4n) is 5.66. The standard InChI is InChI=1S/C24H27NO3/c1-16(26)28-15-22-21(14-25-10-12-27-13-11-25)23-17-6-2-4-8-19(17)24(22)20-9-5-3-7-18(20)23/h2-9,21-24H,10-15H2,1H3/t21-,22-,23?,24?/m0/s1. The van der Waals surface area contributed by atoms with Crippen molar-refractivity contribution in [2.75, 3.05) is 39.5 Å². The van der Waals surface area contributed by atoms with Gasteiger partial charge in [-0.05, 0) is 28.2 Å². The number of benzene rings is 2. The van der Waals surface area contributed by atoms with Gasteiger partial charge >= 0.3 is 5.97 Å². The molecule has 1 heterocycles. The summed E-state index contributed by atoms with van der Waals surface area (Å²) in [6.07, 6.45) is 0. The van der Waals surface area contributed by atoms with Crippen LogP contribution >= 0.6 is 0 Å². The number of ether oxygens (including phenoxy) is 2. The molecule has 0 N–H and O–H groups in total. The van der Waals surface area contributed by atoms with Crippen molar-refractivity contribution in [2.24, 2.45) is 11.8 Å². The predicted octanol–water partition coefficient (Wildman–Crippen LogP) is 3.41. The molecule has 4 aliphatic rings. The number of fused-ring (bicyclic) bond motifs is 1. The maximum absolute atomic E-state index is 11.6. The minimum atomic E-state index is -0.187. The van der Waals surface area contributed by atoms with E-state index >= 15 is 0 Å². The number of esters is 1. The third kappa shape index (κ3) is 2.96. The Labute approximate surface area is 166 Å². The van der Waals surface area contributed by atoms with E-state index in [1.165, 1.54) is 29.2 Å². The highest BCUT2D eigenvalue weighted by atomic mass is 16.5. The second kappa shape index (κ2) is 7.34. The largest absolute Gasteiger partial charge is 0.466 e. The van der Waals surface area contributed by atoms with Gasteiger partial charge in [-0.3, -0.25) is 9.69 Å². The molecule has 0 radical (unpaired) electrons. The maximum Gasteiger partial charge on any atom is 0.302 e. The van der Waals surface area contributed by atoms with Crippen molar-refractivity contribution in [1.29, 1.82) is 0 Å². The van der Waals surface area contributed by atoms with E-state index in [1.807, 2.05) is 0 Å². The molecule has 146 valence electrons. The van der Waals surface area contributed by atoms with Gasteiger partial charge in [-0.2, -0.15) is 0 Å². The summed E-state index contributed by atoms with van der Waals surface area (Å²) in [5, 5.41) is 0. The number of nitrogens with zero attached hydrogens (tertiary/aromatic N) is 1. The fourth-order valence-corrected chi connectivity index (χ4v) is 5.66. The van der Waals surface area contributed by atoms with Crippen LogP contribution in [0.4, 0.5) is 0 Å². The summed E-state index contributed by atoms with van der Waals surface area (Å²) < 4.78 is 11.2. The lowest BCUT2D eigenvalue weighted by Crippen LogP contribution is -2.49. The van der Waals surface area contributed by atoms with E-state index in [0.717, 1.165) is 32.8 Å². The van der Waals surface area contributed by atoms with Crippen LogP contribution in [-0.2, 0) is 14.3 Å². The van der Waals surface area contributed by atoms with Crippen LogP contribution in [0.5, 0.6) is 0 Å². The van der Waals surface area contributed by atoms with Crippen molar-refractivity contribution < 1.29 is 14.3 Å². The number of carbonyl (C=O) groups is 1. The molecule has 0 aromatic heterocycles. The minimum Gasteiger partial charge on any atom is -0.466 e. The van der Waals surface area contributed by atoms with E-state index in [-0.39, 0.29) is 5.97 Å². The van der Waals surface area contributed by atoms with Gasteiger partial charge in [0.2, 0.25) is 0 Å². The molecule has 1 saturated heterocycles. The van der Waals surface area contributed by atoms with Crippen LogP contribution in [0.25, 0.3) is 0 Å². The van der Waals surface area contributed by atoms with Crippen LogP contribution < -0.4 is 0 Å². The van der Waals surface area contributed by atoms with E-state index in [2.05, 4.69) is 53.4 Å². The van der Waals surface area contributed by atoms with E-state index in [4.69, 9.17) is 9.47 Å². The van der Waals surface area contributed by atoms with E-state index in [0.29, 0.717) is 30.3 Å². The van der Waals surface area contributed by atoms with Crippen LogP contribution in [0.1, 0.15) is 41.0 Å². The number of hydrogen-bond donors (Lipinski definition) is 0. The van der Waals surface area contributed by atoms with Crippen molar-refractivity contribution in [1.82, 2.24) is 4.90 Å². The first-order valence-corrected chi connectivity index (χ1v) is 10.3. The number of carbonyl (C=O) groups excluding carboxylic acids is 1. The fraction of sp³-hybridized carbons (Fsp3) is 0.458. The van der Waals surface area contributed by atoms with Crippen molar-refractivity contribution >= 4 is 5.97 Å². The summed E-state index contributed by atoms with van der Waals surface area (Å²) >= 11 is 0. The Balaban J connectivity index is 1.58. The van der Waals surface area contributed by atoms with Crippen LogP contribution in [0.2, 0.25) is 0 Å².